The van der Waals surface area contributed by atoms with Gasteiger partial charge in [-0.3, -0.25) is 15.0 Å². The van der Waals surface area contributed by atoms with Gasteiger partial charge in [0.05, 0.1) is 17.8 Å². The number of fused-ring (bicyclic) bond motifs is 2. The first kappa shape index (κ1) is 28.4. The molecule has 2 aromatic heterocycles. The van der Waals surface area contributed by atoms with E-state index in [9.17, 15) is 14.4 Å². The van der Waals surface area contributed by atoms with Crippen molar-refractivity contribution in [2.75, 3.05) is 25.5 Å². The number of carbonyl (C=O) groups excluding carboxylic acids is 3. The summed E-state index contributed by atoms with van der Waals surface area (Å²) in [6, 6.07) is 14.8. The van der Waals surface area contributed by atoms with Crippen LogP contribution in [0, 0.1) is 0 Å². The Hall–Kier alpha value is -4.77. The molecule has 3 N–H and O–H groups in total. The van der Waals surface area contributed by atoms with Crippen LogP contribution in [0.3, 0.4) is 0 Å². The van der Waals surface area contributed by atoms with Crippen LogP contribution < -0.4 is 10.6 Å². The van der Waals surface area contributed by atoms with E-state index in [-0.39, 0.29) is 18.1 Å². The first-order chi connectivity index (χ1) is 21.0. The highest BCUT2D eigenvalue weighted by molar-refractivity contribution is 5.92. The largest absolute Gasteiger partial charge is 0.328 e. The van der Waals surface area contributed by atoms with Crippen LogP contribution in [-0.2, 0) is 30.8 Å². The smallest absolute Gasteiger partial charge is 0.322 e. The molecule has 11 nitrogen and oxygen atoms in total. The molecule has 4 heterocycles. The van der Waals surface area contributed by atoms with E-state index in [0.717, 1.165) is 51.7 Å². The maximum absolute atomic E-state index is 13.2. The van der Waals surface area contributed by atoms with Gasteiger partial charge in [0.1, 0.15) is 6.29 Å². The monoisotopic (exact) mass is 580 g/mol. The first-order valence-corrected chi connectivity index (χ1v) is 14.7. The molecule has 43 heavy (non-hydrogen) atoms. The summed E-state index contributed by atoms with van der Waals surface area (Å²) in [5, 5.41) is 14.2. The van der Waals surface area contributed by atoms with Crippen LogP contribution in [-0.4, -0.2) is 80.5 Å². The van der Waals surface area contributed by atoms with Gasteiger partial charge >= 0.3 is 12.1 Å². The van der Waals surface area contributed by atoms with Crippen molar-refractivity contribution in [3.8, 4) is 0 Å². The van der Waals surface area contributed by atoms with E-state index < -0.39 is 6.04 Å². The summed E-state index contributed by atoms with van der Waals surface area (Å²) < 4.78 is 0. The standard InChI is InChI=1S/C32H36N8O3/c1-38(18-22-8-12-33-13-9-22)20-28-23(6-7-30-27(28)17-34-37-30)16-25(21-41)35-31(42)39-14-10-26(11-15-39)40-19-24-4-2-3-5-29(24)36-32(40)43/h2-9,12-13,17,21,25-26H,10-11,14-16,18-20H2,1H3,(H,34,37)(H,35,42)(H,36,43). The predicted molar refractivity (Wildman–Crippen MR) is 163 cm³/mol. The second-order valence-corrected chi connectivity index (χ2v) is 11.4. The minimum absolute atomic E-state index is 0.0488. The number of nitrogens with one attached hydrogen (secondary N) is 3. The number of para-hydroxylation sites is 1. The minimum atomic E-state index is -0.678. The van der Waals surface area contributed by atoms with Crippen LogP contribution in [0.4, 0.5) is 15.3 Å². The fraction of sp³-hybridized carbons (Fsp3) is 0.344. The molecule has 0 aliphatic carbocycles. The number of anilines is 1. The van der Waals surface area contributed by atoms with Crippen molar-refractivity contribution in [3.05, 3.63) is 89.4 Å². The Morgan fingerprint density at radius 2 is 1.91 bits per heavy atom. The molecule has 0 bridgehead atoms. The van der Waals surface area contributed by atoms with Gasteiger partial charge in [-0.2, -0.15) is 5.10 Å². The number of amides is 4. The lowest BCUT2D eigenvalue weighted by molar-refractivity contribution is -0.109. The number of hydrogen-bond donors (Lipinski definition) is 3. The molecule has 11 heteroatoms. The number of piperidine rings is 1. The summed E-state index contributed by atoms with van der Waals surface area (Å²) in [5.74, 6) is 0. The first-order valence-electron chi connectivity index (χ1n) is 14.7. The molecule has 6 rings (SSSR count). The van der Waals surface area contributed by atoms with Crippen molar-refractivity contribution >= 4 is 34.9 Å². The van der Waals surface area contributed by atoms with Gasteiger partial charge in [0.25, 0.3) is 0 Å². The number of rotatable bonds is 9. The summed E-state index contributed by atoms with van der Waals surface area (Å²) in [7, 11) is 2.05. The van der Waals surface area contributed by atoms with Crippen molar-refractivity contribution in [1.29, 1.82) is 0 Å². The lowest BCUT2D eigenvalue weighted by atomic mass is 9.97. The molecule has 2 aliphatic rings. The highest BCUT2D eigenvalue weighted by atomic mass is 16.2. The third-order valence-electron chi connectivity index (χ3n) is 8.43. The van der Waals surface area contributed by atoms with Crippen LogP contribution in [0.25, 0.3) is 10.9 Å². The van der Waals surface area contributed by atoms with E-state index in [0.29, 0.717) is 45.4 Å². The van der Waals surface area contributed by atoms with Crippen molar-refractivity contribution < 1.29 is 14.4 Å². The Labute approximate surface area is 250 Å². The molecule has 0 saturated carbocycles. The number of pyridine rings is 1. The van der Waals surface area contributed by atoms with E-state index in [1.54, 1.807) is 17.3 Å². The number of urea groups is 2. The van der Waals surface area contributed by atoms with Crippen LogP contribution >= 0.6 is 0 Å². The molecule has 1 unspecified atom stereocenters. The second kappa shape index (κ2) is 12.6. The Morgan fingerprint density at radius 3 is 2.70 bits per heavy atom. The average molecular weight is 581 g/mol. The van der Waals surface area contributed by atoms with E-state index in [2.05, 4.69) is 37.8 Å². The summed E-state index contributed by atoms with van der Waals surface area (Å²) >= 11 is 0. The number of aldehydes is 1. The van der Waals surface area contributed by atoms with E-state index in [1.807, 2.05) is 59.6 Å². The molecule has 222 valence electrons. The zero-order chi connectivity index (χ0) is 29.8. The van der Waals surface area contributed by atoms with Crippen molar-refractivity contribution in [3.63, 3.8) is 0 Å². The molecule has 2 aliphatic heterocycles. The fourth-order valence-corrected chi connectivity index (χ4v) is 6.14. The molecule has 4 amide bonds. The molecule has 1 saturated heterocycles. The zero-order valence-corrected chi connectivity index (χ0v) is 24.2. The number of carbonyl (C=O) groups is 3. The van der Waals surface area contributed by atoms with Gasteiger partial charge in [0.2, 0.25) is 0 Å². The highest BCUT2D eigenvalue weighted by Gasteiger charge is 2.33. The molecule has 2 aromatic carbocycles. The number of aromatic amines is 1. The predicted octanol–water partition coefficient (Wildman–Crippen LogP) is 3.92. The molecular weight excluding hydrogens is 544 g/mol. The van der Waals surface area contributed by atoms with Crippen LogP contribution in [0.5, 0.6) is 0 Å². The Kier molecular flexibility index (Phi) is 8.32. The average Bonchev–Trinajstić information content (AvgIpc) is 3.51. The van der Waals surface area contributed by atoms with Gasteiger partial charge in [-0.15, -0.1) is 0 Å². The number of aromatic nitrogens is 3. The summed E-state index contributed by atoms with van der Waals surface area (Å²) in [6.07, 6.45) is 7.93. The zero-order valence-electron chi connectivity index (χ0n) is 24.2. The third kappa shape index (κ3) is 6.36. The van der Waals surface area contributed by atoms with E-state index >= 15 is 0 Å². The summed E-state index contributed by atoms with van der Waals surface area (Å²) in [5.41, 5.74) is 6.10. The fourth-order valence-electron chi connectivity index (χ4n) is 6.14. The molecular formula is C32H36N8O3. The molecule has 4 aromatic rings. The minimum Gasteiger partial charge on any atom is -0.328 e. The van der Waals surface area contributed by atoms with E-state index in [4.69, 9.17) is 0 Å². The van der Waals surface area contributed by atoms with Crippen LogP contribution in [0.2, 0.25) is 0 Å². The van der Waals surface area contributed by atoms with Gasteiger partial charge in [-0.25, -0.2) is 9.59 Å². The second-order valence-electron chi connectivity index (χ2n) is 11.4. The summed E-state index contributed by atoms with van der Waals surface area (Å²) in [6.45, 7) is 2.98. The Bertz CT molecular complexity index is 1600. The molecule has 1 fully saturated rings. The SMILES string of the molecule is CN(Cc1ccncc1)Cc1c(CC(C=O)NC(=O)N2CCC(N3Cc4ccccc4NC3=O)CC2)ccc2[nH]ncc12. The Morgan fingerprint density at radius 1 is 1.12 bits per heavy atom. The highest BCUT2D eigenvalue weighted by Crippen LogP contribution is 2.28. The van der Waals surface area contributed by atoms with Gasteiger partial charge in [-0.05, 0) is 72.8 Å². The van der Waals surface area contributed by atoms with Crippen LogP contribution in [0.1, 0.15) is 35.1 Å². The van der Waals surface area contributed by atoms with Gasteiger partial charge in [0.15, 0.2) is 0 Å². The van der Waals surface area contributed by atoms with Crippen molar-refractivity contribution in [2.45, 2.75) is 51.0 Å². The molecule has 0 radical (unpaired) electrons. The molecule has 1 atom stereocenters. The van der Waals surface area contributed by atoms with E-state index in [1.165, 1.54) is 0 Å². The van der Waals surface area contributed by atoms with Crippen molar-refractivity contribution in [2.24, 2.45) is 0 Å². The third-order valence-corrected chi connectivity index (χ3v) is 8.43. The van der Waals surface area contributed by atoms with Gasteiger partial charge < -0.3 is 25.2 Å². The quantitative estimate of drug-likeness (QED) is 0.258. The maximum Gasteiger partial charge on any atom is 0.322 e. The topological polar surface area (TPSA) is 127 Å². The summed E-state index contributed by atoms with van der Waals surface area (Å²) in [4.78, 5) is 48.1. The number of H-pyrrole nitrogens is 1. The lowest BCUT2D eigenvalue weighted by Gasteiger charge is -2.40. The normalized spacial score (nSPS) is 16.2. The maximum atomic E-state index is 13.2. The molecule has 0 spiro atoms. The number of benzene rings is 2. The van der Waals surface area contributed by atoms with Gasteiger partial charge in [-0.1, -0.05) is 24.3 Å². The van der Waals surface area contributed by atoms with Crippen molar-refractivity contribution in [1.82, 2.24) is 35.2 Å². The number of hydrogen-bond acceptors (Lipinski definition) is 6. The van der Waals surface area contributed by atoms with Gasteiger partial charge in [0, 0.05) is 62.2 Å². The number of nitrogens with zero attached hydrogens (tertiary/aromatic N) is 5. The Balaban J connectivity index is 1.08. The van der Waals surface area contributed by atoms with Crippen LogP contribution in [0.15, 0.2) is 67.1 Å². The lowest BCUT2D eigenvalue weighted by Crippen LogP contribution is -2.54. The number of likely N-dealkylation sites (tertiary alicyclic amines) is 1.